The second-order valence-corrected chi connectivity index (χ2v) is 10.3. The van der Waals surface area contributed by atoms with Crippen molar-refractivity contribution in [2.24, 2.45) is 11.8 Å². The van der Waals surface area contributed by atoms with Gasteiger partial charge in [0.05, 0.1) is 11.4 Å². The predicted molar refractivity (Wildman–Crippen MR) is 99.9 cm³/mol. The van der Waals surface area contributed by atoms with Crippen molar-refractivity contribution in [3.05, 3.63) is 42.5 Å². The van der Waals surface area contributed by atoms with Crippen LogP contribution in [0.3, 0.4) is 0 Å². The molecule has 0 aliphatic heterocycles. The van der Waals surface area contributed by atoms with Gasteiger partial charge in [-0.2, -0.15) is 0 Å². The fourth-order valence-corrected chi connectivity index (χ4v) is 6.01. The maximum absolute atomic E-state index is 12.5. The third kappa shape index (κ3) is 5.37. The fourth-order valence-electron chi connectivity index (χ4n) is 2.71. The molecule has 0 radical (unpaired) electrons. The number of hydrogen-bond acceptors (Lipinski definition) is 3. The number of fused-ring (bicyclic) bond motifs is 1. The van der Waals surface area contributed by atoms with Gasteiger partial charge in [-0.25, -0.2) is 0 Å². The average Bonchev–Trinajstić information content (AvgIpc) is 2.51. The summed E-state index contributed by atoms with van der Waals surface area (Å²) in [4.78, 5) is 22.5. The van der Waals surface area contributed by atoms with Gasteiger partial charge < -0.3 is 10.00 Å². The molecule has 0 saturated carbocycles. The quantitative estimate of drug-likeness (QED) is 0.513. The Morgan fingerprint density at radius 1 is 1.17 bits per heavy atom. The first-order valence-electron chi connectivity index (χ1n) is 7.93. The molecule has 0 amide bonds. The molecule has 0 saturated heterocycles. The van der Waals surface area contributed by atoms with Gasteiger partial charge >= 0.3 is 5.97 Å². The summed E-state index contributed by atoms with van der Waals surface area (Å²) in [7, 11) is -3.52. The summed E-state index contributed by atoms with van der Waals surface area (Å²) in [6, 6.07) is 13.7. The van der Waals surface area contributed by atoms with Crippen molar-refractivity contribution in [3.8, 4) is 0 Å². The first-order valence-corrected chi connectivity index (χ1v) is 10.9. The molecular weight excluding hydrogens is 343 g/mol. The molecule has 6 heteroatoms. The molecule has 2 rings (SSSR count). The van der Waals surface area contributed by atoms with Gasteiger partial charge in [-0.05, 0) is 29.2 Å². The summed E-state index contributed by atoms with van der Waals surface area (Å²) in [5, 5.41) is 11.4. The Hall–Kier alpha value is -1.29. The van der Waals surface area contributed by atoms with Crippen LogP contribution in [0.25, 0.3) is 10.8 Å². The second kappa shape index (κ2) is 8.19. The highest BCUT2D eigenvalue weighted by molar-refractivity contribution is 8.05. The van der Waals surface area contributed by atoms with Gasteiger partial charge in [0.1, 0.15) is 0 Å². The number of carboxylic acids is 1. The molecule has 0 fully saturated rings. The molecule has 4 nitrogen and oxygen atoms in total. The highest BCUT2D eigenvalue weighted by Gasteiger charge is 2.29. The SMILES string of the molecule is CC(C)CC(CP(=O)(O)CSc1cccc2ccccc12)C(=O)O. The van der Waals surface area contributed by atoms with Gasteiger partial charge in [0, 0.05) is 11.1 Å². The number of carboxylic acid groups (broad SMARTS) is 1. The van der Waals surface area contributed by atoms with Crippen LogP contribution in [0.4, 0.5) is 0 Å². The standard InChI is InChI=1S/C18H23O4PS/c1-13(2)10-15(18(19)20)11-23(21,22)12-24-17-9-5-7-14-6-3-4-8-16(14)17/h3-9,13,15H,10-12H2,1-2H3,(H,19,20)(H,21,22). The maximum Gasteiger partial charge on any atom is 0.307 e. The molecule has 2 N–H and O–H groups in total. The van der Waals surface area contributed by atoms with Crippen LogP contribution < -0.4 is 0 Å². The lowest BCUT2D eigenvalue weighted by Gasteiger charge is -2.18. The molecule has 2 unspecified atom stereocenters. The molecule has 0 bridgehead atoms. The van der Waals surface area contributed by atoms with Gasteiger partial charge in [0.2, 0.25) is 7.37 Å². The van der Waals surface area contributed by atoms with Crippen LogP contribution in [0.15, 0.2) is 47.4 Å². The minimum atomic E-state index is -3.52. The highest BCUT2D eigenvalue weighted by Crippen LogP contribution is 2.49. The molecule has 0 heterocycles. The van der Waals surface area contributed by atoms with E-state index in [0.717, 1.165) is 15.7 Å². The zero-order chi connectivity index (χ0) is 17.7. The van der Waals surface area contributed by atoms with E-state index in [4.69, 9.17) is 0 Å². The Morgan fingerprint density at radius 2 is 1.83 bits per heavy atom. The van der Waals surface area contributed by atoms with E-state index in [1.807, 2.05) is 56.3 Å². The van der Waals surface area contributed by atoms with Gasteiger partial charge in [0.15, 0.2) is 0 Å². The first kappa shape index (κ1) is 19.0. The summed E-state index contributed by atoms with van der Waals surface area (Å²) in [6.45, 7) is 3.84. The van der Waals surface area contributed by atoms with Crippen LogP contribution >= 0.6 is 19.1 Å². The maximum atomic E-state index is 12.5. The second-order valence-electron chi connectivity index (χ2n) is 6.44. The monoisotopic (exact) mass is 366 g/mol. The summed E-state index contributed by atoms with van der Waals surface area (Å²) in [6.07, 6.45) is 0.247. The molecule has 0 spiro atoms. The Kier molecular flexibility index (Phi) is 6.50. The van der Waals surface area contributed by atoms with Crippen LogP contribution in [0.2, 0.25) is 0 Å². The van der Waals surface area contributed by atoms with E-state index in [0.29, 0.717) is 6.42 Å². The van der Waals surface area contributed by atoms with E-state index < -0.39 is 19.3 Å². The predicted octanol–water partition coefficient (Wildman–Crippen LogP) is 4.91. The summed E-state index contributed by atoms with van der Waals surface area (Å²) < 4.78 is 12.5. The lowest BCUT2D eigenvalue weighted by atomic mass is 9.99. The van der Waals surface area contributed by atoms with Crippen LogP contribution in [0, 0.1) is 11.8 Å². The number of hydrogen-bond donors (Lipinski definition) is 2. The summed E-state index contributed by atoms with van der Waals surface area (Å²) in [5.41, 5.74) is 0.0306. The molecule has 130 valence electrons. The van der Waals surface area contributed by atoms with Crippen molar-refractivity contribution >= 4 is 35.9 Å². The fraction of sp³-hybridized carbons (Fsp3) is 0.389. The minimum absolute atomic E-state index is 0.0306. The van der Waals surface area contributed by atoms with E-state index in [-0.39, 0.29) is 17.6 Å². The Morgan fingerprint density at radius 3 is 2.50 bits per heavy atom. The number of carbonyl (C=O) groups is 1. The molecule has 0 aliphatic carbocycles. The molecular formula is C18H23O4PS. The molecule has 0 aromatic heterocycles. The lowest BCUT2D eigenvalue weighted by molar-refractivity contribution is -0.141. The van der Waals surface area contributed by atoms with E-state index in [9.17, 15) is 19.4 Å². The third-order valence-electron chi connectivity index (χ3n) is 3.78. The molecule has 2 atom stereocenters. The van der Waals surface area contributed by atoms with Crippen LogP contribution in [0.1, 0.15) is 20.3 Å². The third-order valence-corrected chi connectivity index (χ3v) is 7.59. The smallest absolute Gasteiger partial charge is 0.307 e. The van der Waals surface area contributed by atoms with Gasteiger partial charge in [-0.3, -0.25) is 9.36 Å². The molecule has 0 aliphatic rings. The number of benzene rings is 2. The van der Waals surface area contributed by atoms with E-state index in [1.165, 1.54) is 11.8 Å². The summed E-state index contributed by atoms with van der Waals surface area (Å²) in [5.74, 6) is -1.58. The number of thioether (sulfide) groups is 1. The minimum Gasteiger partial charge on any atom is -0.481 e. The van der Waals surface area contributed by atoms with Crippen molar-refractivity contribution < 1.29 is 19.4 Å². The zero-order valence-corrected chi connectivity index (χ0v) is 15.6. The Balaban J connectivity index is 2.08. The lowest BCUT2D eigenvalue weighted by Crippen LogP contribution is -2.20. The van der Waals surface area contributed by atoms with E-state index in [1.54, 1.807) is 0 Å². The van der Waals surface area contributed by atoms with Gasteiger partial charge in [-0.1, -0.05) is 50.2 Å². The van der Waals surface area contributed by atoms with Gasteiger partial charge in [0.25, 0.3) is 0 Å². The van der Waals surface area contributed by atoms with Crippen LogP contribution in [-0.4, -0.2) is 27.6 Å². The van der Waals surface area contributed by atoms with Crippen molar-refractivity contribution in [1.29, 1.82) is 0 Å². The summed E-state index contributed by atoms with van der Waals surface area (Å²) >= 11 is 1.32. The average molecular weight is 366 g/mol. The largest absolute Gasteiger partial charge is 0.481 e. The normalized spacial score (nSPS) is 15.3. The molecule has 24 heavy (non-hydrogen) atoms. The van der Waals surface area contributed by atoms with E-state index >= 15 is 0 Å². The van der Waals surface area contributed by atoms with Crippen molar-refractivity contribution in [1.82, 2.24) is 0 Å². The Bertz CT molecular complexity index is 754. The molecule has 2 aromatic rings. The van der Waals surface area contributed by atoms with Crippen molar-refractivity contribution in [2.75, 3.05) is 11.7 Å². The topological polar surface area (TPSA) is 74.6 Å². The van der Waals surface area contributed by atoms with Crippen LogP contribution in [0.5, 0.6) is 0 Å². The molecule has 2 aromatic carbocycles. The number of rotatable bonds is 8. The first-order chi connectivity index (χ1) is 11.3. The Labute approximate surface area is 146 Å². The van der Waals surface area contributed by atoms with Crippen LogP contribution in [-0.2, 0) is 9.36 Å². The number of aliphatic carboxylic acids is 1. The van der Waals surface area contributed by atoms with E-state index in [2.05, 4.69) is 0 Å². The van der Waals surface area contributed by atoms with Gasteiger partial charge in [-0.15, -0.1) is 11.8 Å². The van der Waals surface area contributed by atoms with Crippen molar-refractivity contribution in [3.63, 3.8) is 0 Å². The zero-order valence-electron chi connectivity index (χ0n) is 13.9. The highest BCUT2D eigenvalue weighted by atomic mass is 32.2. The van der Waals surface area contributed by atoms with Crippen molar-refractivity contribution in [2.45, 2.75) is 25.2 Å².